The highest BCUT2D eigenvalue weighted by Gasteiger charge is 2.24. The summed E-state index contributed by atoms with van der Waals surface area (Å²) in [6, 6.07) is 6.58. The van der Waals surface area contributed by atoms with E-state index in [1.165, 1.54) is 7.11 Å². The van der Waals surface area contributed by atoms with Gasteiger partial charge in [0.15, 0.2) is 35.1 Å². The monoisotopic (exact) mass is 431 g/mol. The Bertz CT molecular complexity index is 988. The maximum atomic E-state index is 13.6. The van der Waals surface area contributed by atoms with Crippen LogP contribution in [0, 0.1) is 42.1 Å². The number of nitrogens with one attached hydrogen (secondary N) is 1. The highest BCUT2D eigenvalue weighted by atomic mass is 19.2. The summed E-state index contributed by atoms with van der Waals surface area (Å²) in [5.74, 6) is 0.315. The summed E-state index contributed by atoms with van der Waals surface area (Å²) in [5.41, 5.74) is 0.631. The number of halogens is 3. The molecule has 0 radical (unpaired) electrons. The van der Waals surface area contributed by atoms with Gasteiger partial charge in [0.05, 0.1) is 7.11 Å². The second-order valence-electron chi connectivity index (χ2n) is 6.21. The van der Waals surface area contributed by atoms with Crippen LogP contribution in [0.2, 0.25) is 0 Å². The number of hydrogen-bond acceptors (Lipinski definition) is 4. The minimum absolute atomic E-state index is 0.0926. The first-order chi connectivity index (χ1) is 14.9. The predicted molar refractivity (Wildman–Crippen MR) is 108 cm³/mol. The largest absolute Gasteiger partial charge is 0.493 e. The number of benzene rings is 2. The third-order valence-corrected chi connectivity index (χ3v) is 4.13. The summed E-state index contributed by atoms with van der Waals surface area (Å²) in [4.78, 5) is 12.5. The van der Waals surface area contributed by atoms with Gasteiger partial charge in [-0.1, -0.05) is 17.9 Å². The first-order valence-electron chi connectivity index (χ1n) is 9.11. The van der Waals surface area contributed by atoms with Crippen molar-refractivity contribution in [2.75, 3.05) is 26.9 Å². The summed E-state index contributed by atoms with van der Waals surface area (Å²) in [5, 5.41) is 2.61. The van der Waals surface area contributed by atoms with Crippen LogP contribution in [0.5, 0.6) is 11.5 Å². The van der Waals surface area contributed by atoms with Crippen LogP contribution in [-0.4, -0.2) is 32.8 Å². The first kappa shape index (κ1) is 23.7. The first-order valence-corrected chi connectivity index (χ1v) is 9.11. The van der Waals surface area contributed by atoms with Crippen molar-refractivity contribution in [2.45, 2.75) is 12.5 Å². The summed E-state index contributed by atoms with van der Waals surface area (Å²) < 4.78 is 56.2. The van der Waals surface area contributed by atoms with Crippen molar-refractivity contribution in [3.63, 3.8) is 0 Å². The third-order valence-electron chi connectivity index (χ3n) is 4.13. The number of rotatable bonds is 10. The Balaban J connectivity index is 2.06. The molecular formula is C23H20F3NO4. The van der Waals surface area contributed by atoms with E-state index in [9.17, 15) is 18.0 Å². The van der Waals surface area contributed by atoms with Crippen molar-refractivity contribution in [3.8, 4) is 36.2 Å². The van der Waals surface area contributed by atoms with Crippen molar-refractivity contribution >= 4 is 5.91 Å². The van der Waals surface area contributed by atoms with Gasteiger partial charge in [0.25, 0.3) is 5.91 Å². The van der Waals surface area contributed by atoms with Gasteiger partial charge in [0, 0.05) is 6.54 Å². The van der Waals surface area contributed by atoms with Gasteiger partial charge in [-0.05, 0) is 41.8 Å². The molecule has 0 aliphatic carbocycles. The highest BCUT2D eigenvalue weighted by molar-refractivity contribution is 5.82. The van der Waals surface area contributed by atoms with E-state index in [1.807, 2.05) is 0 Å². The fourth-order valence-electron chi connectivity index (χ4n) is 2.71. The van der Waals surface area contributed by atoms with Crippen molar-refractivity contribution in [2.24, 2.45) is 0 Å². The van der Waals surface area contributed by atoms with Crippen molar-refractivity contribution in [3.05, 3.63) is 58.9 Å². The van der Waals surface area contributed by atoms with E-state index in [4.69, 9.17) is 27.1 Å². The second kappa shape index (κ2) is 11.5. The maximum Gasteiger partial charge on any atom is 0.253 e. The zero-order valence-electron chi connectivity index (χ0n) is 16.7. The number of methoxy groups -OCH3 is 1. The highest BCUT2D eigenvalue weighted by Crippen LogP contribution is 2.28. The van der Waals surface area contributed by atoms with E-state index in [2.05, 4.69) is 17.2 Å². The molecule has 1 unspecified atom stereocenters. The number of terminal acetylenes is 2. The summed E-state index contributed by atoms with van der Waals surface area (Å²) in [6.45, 7) is -0.0149. The molecule has 1 amide bonds. The SMILES string of the molecule is C#CCOc1ccc(CCNC(=O)C(OCC#C)c2cc(F)c(F)c(F)c2)cc1OC. The van der Waals surface area contributed by atoms with E-state index in [-0.39, 0.29) is 25.3 Å². The zero-order chi connectivity index (χ0) is 22.8. The summed E-state index contributed by atoms with van der Waals surface area (Å²) >= 11 is 0. The second-order valence-corrected chi connectivity index (χ2v) is 6.21. The molecule has 0 aliphatic rings. The van der Waals surface area contributed by atoms with Gasteiger partial charge in [-0.2, -0.15) is 0 Å². The van der Waals surface area contributed by atoms with Crippen LogP contribution in [-0.2, 0) is 16.0 Å². The lowest BCUT2D eigenvalue weighted by Crippen LogP contribution is -2.32. The van der Waals surface area contributed by atoms with Gasteiger partial charge in [-0.25, -0.2) is 13.2 Å². The van der Waals surface area contributed by atoms with Gasteiger partial charge in [0.2, 0.25) is 0 Å². The molecule has 5 nitrogen and oxygen atoms in total. The van der Waals surface area contributed by atoms with E-state index < -0.39 is 29.5 Å². The lowest BCUT2D eigenvalue weighted by molar-refractivity contribution is -0.132. The number of ether oxygens (including phenoxy) is 3. The van der Waals surface area contributed by atoms with Gasteiger partial charge in [-0.15, -0.1) is 12.8 Å². The summed E-state index contributed by atoms with van der Waals surface area (Å²) in [6.07, 6.45) is 9.31. The molecular weight excluding hydrogens is 411 g/mol. The molecule has 1 atom stereocenters. The van der Waals surface area contributed by atoms with E-state index in [1.54, 1.807) is 18.2 Å². The molecule has 8 heteroatoms. The van der Waals surface area contributed by atoms with Crippen molar-refractivity contribution in [1.29, 1.82) is 0 Å². The molecule has 0 spiro atoms. The molecule has 0 saturated heterocycles. The standard InChI is InChI=1S/C23H20F3NO4/c1-4-10-30-19-7-6-15(12-20(19)29-3)8-9-27-23(28)22(31-11-5-2)16-13-17(24)21(26)18(25)14-16/h1-2,6-7,12-14,22H,8-11H2,3H3,(H,27,28). The van der Waals surface area contributed by atoms with Gasteiger partial charge < -0.3 is 19.5 Å². The molecule has 0 aromatic heterocycles. The van der Waals surface area contributed by atoms with Crippen LogP contribution in [0.25, 0.3) is 0 Å². The Morgan fingerprint density at radius 2 is 1.74 bits per heavy atom. The lowest BCUT2D eigenvalue weighted by atomic mass is 10.1. The molecule has 1 N–H and O–H groups in total. The molecule has 162 valence electrons. The van der Waals surface area contributed by atoms with Gasteiger partial charge in [-0.3, -0.25) is 4.79 Å². The average Bonchev–Trinajstić information content (AvgIpc) is 2.76. The average molecular weight is 431 g/mol. The van der Waals surface area contributed by atoms with Crippen molar-refractivity contribution < 1.29 is 32.2 Å². The third kappa shape index (κ3) is 6.43. The fraction of sp³-hybridized carbons (Fsp3) is 0.261. The zero-order valence-corrected chi connectivity index (χ0v) is 16.7. The Hall–Kier alpha value is -3.62. The smallest absolute Gasteiger partial charge is 0.253 e. The molecule has 0 aliphatic heterocycles. The quantitative estimate of drug-likeness (QED) is 0.464. The number of hydrogen-bond donors (Lipinski definition) is 1. The van der Waals surface area contributed by atoms with Crippen LogP contribution in [0.3, 0.4) is 0 Å². The van der Waals surface area contributed by atoms with E-state index >= 15 is 0 Å². The van der Waals surface area contributed by atoms with Gasteiger partial charge >= 0.3 is 0 Å². The van der Waals surface area contributed by atoms with Crippen LogP contribution in [0.4, 0.5) is 13.2 Å². The topological polar surface area (TPSA) is 56.8 Å². The Morgan fingerprint density at radius 1 is 1.06 bits per heavy atom. The van der Waals surface area contributed by atoms with E-state index in [0.717, 1.165) is 5.56 Å². The molecule has 2 aromatic rings. The fourth-order valence-corrected chi connectivity index (χ4v) is 2.71. The van der Waals surface area contributed by atoms with Crippen LogP contribution < -0.4 is 14.8 Å². The molecule has 2 aromatic carbocycles. The maximum absolute atomic E-state index is 13.6. The molecule has 0 saturated carbocycles. The Labute approximate surface area is 178 Å². The summed E-state index contributed by atoms with van der Waals surface area (Å²) in [7, 11) is 1.48. The minimum atomic E-state index is -1.64. The minimum Gasteiger partial charge on any atom is -0.493 e. The van der Waals surface area contributed by atoms with Crippen LogP contribution >= 0.6 is 0 Å². The number of carbonyl (C=O) groups excluding carboxylic acids is 1. The van der Waals surface area contributed by atoms with Crippen LogP contribution in [0.15, 0.2) is 30.3 Å². The Morgan fingerprint density at radius 3 is 2.35 bits per heavy atom. The number of carbonyl (C=O) groups is 1. The molecule has 0 heterocycles. The molecule has 2 rings (SSSR count). The van der Waals surface area contributed by atoms with Crippen molar-refractivity contribution in [1.82, 2.24) is 5.32 Å². The molecule has 0 bridgehead atoms. The predicted octanol–water partition coefficient (Wildman–Crippen LogP) is 3.17. The molecule has 0 fully saturated rings. The lowest BCUT2D eigenvalue weighted by Gasteiger charge is -2.17. The molecule has 31 heavy (non-hydrogen) atoms. The van der Waals surface area contributed by atoms with Gasteiger partial charge in [0.1, 0.15) is 13.2 Å². The van der Waals surface area contributed by atoms with E-state index in [0.29, 0.717) is 30.1 Å². The van der Waals surface area contributed by atoms with Crippen LogP contribution in [0.1, 0.15) is 17.2 Å². The Kier molecular flexibility index (Phi) is 8.80. The number of amides is 1. The normalized spacial score (nSPS) is 11.2.